The highest BCUT2D eigenvalue weighted by atomic mass is 32.1. The van der Waals surface area contributed by atoms with E-state index in [-0.39, 0.29) is 11.5 Å². The lowest BCUT2D eigenvalue weighted by Gasteiger charge is -2.04. The van der Waals surface area contributed by atoms with Crippen molar-refractivity contribution < 1.29 is 18.0 Å². The van der Waals surface area contributed by atoms with Crippen molar-refractivity contribution in [1.29, 1.82) is 0 Å². The van der Waals surface area contributed by atoms with Gasteiger partial charge in [0.25, 0.3) is 0 Å². The molecule has 0 saturated heterocycles. The Kier molecular flexibility index (Phi) is 6.20. The maximum absolute atomic E-state index is 11.6. The zero-order valence-corrected chi connectivity index (χ0v) is 8.13. The van der Waals surface area contributed by atoms with Gasteiger partial charge in [-0.05, 0) is 12.8 Å². The molecule has 0 aromatic rings. The maximum Gasteiger partial charge on any atom is 0.389 e. The van der Waals surface area contributed by atoms with Crippen LogP contribution < -0.4 is 0 Å². The van der Waals surface area contributed by atoms with Gasteiger partial charge in [-0.1, -0.05) is 12.8 Å². The number of carbonyl (C=O) groups excluding carboxylic acids is 1. The normalized spacial score (nSPS) is 11.7. The average Bonchev–Trinajstić information content (AvgIpc) is 1.93. The molecule has 0 atom stereocenters. The summed E-state index contributed by atoms with van der Waals surface area (Å²) in [6, 6.07) is 0. The zero-order valence-electron chi connectivity index (χ0n) is 7.23. The van der Waals surface area contributed by atoms with E-state index in [0.29, 0.717) is 25.7 Å². The summed E-state index contributed by atoms with van der Waals surface area (Å²) >= 11 is 3.55. The number of carbonyl (C=O) groups is 1. The minimum atomic E-state index is -4.04. The van der Waals surface area contributed by atoms with Crippen LogP contribution in [0.3, 0.4) is 0 Å². The summed E-state index contributed by atoms with van der Waals surface area (Å²) in [5.41, 5.74) is 0. The van der Waals surface area contributed by atoms with Gasteiger partial charge in [0.2, 0.25) is 0 Å². The number of rotatable bonds is 6. The second-order valence-electron chi connectivity index (χ2n) is 2.92. The van der Waals surface area contributed by atoms with E-state index in [4.69, 9.17) is 0 Å². The van der Waals surface area contributed by atoms with Crippen molar-refractivity contribution in [3.05, 3.63) is 0 Å². The summed E-state index contributed by atoms with van der Waals surface area (Å²) in [6.45, 7) is 0. The number of alkyl halides is 3. The highest BCUT2D eigenvalue weighted by Gasteiger charge is 2.25. The van der Waals surface area contributed by atoms with Crippen LogP contribution in [0.2, 0.25) is 0 Å². The van der Waals surface area contributed by atoms with Crippen molar-refractivity contribution in [3.63, 3.8) is 0 Å². The monoisotopic (exact) mass is 214 g/mol. The fraction of sp³-hybridized carbons (Fsp3) is 0.875. The first-order valence-electron chi connectivity index (χ1n) is 4.20. The van der Waals surface area contributed by atoms with E-state index in [1.54, 1.807) is 0 Å². The molecule has 0 rings (SSSR count). The fourth-order valence-electron chi connectivity index (χ4n) is 0.955. The van der Waals surface area contributed by atoms with E-state index in [9.17, 15) is 18.0 Å². The zero-order chi connectivity index (χ0) is 10.3. The predicted octanol–water partition coefficient (Wildman–Crippen LogP) is 3.35. The summed E-state index contributed by atoms with van der Waals surface area (Å²) in [6.07, 6.45) is -2.41. The van der Waals surface area contributed by atoms with Crippen LogP contribution in [-0.4, -0.2) is 11.3 Å². The summed E-state index contributed by atoms with van der Waals surface area (Å²) in [4.78, 5) is 10.3. The van der Waals surface area contributed by atoms with Crippen LogP contribution in [-0.2, 0) is 4.79 Å². The molecule has 0 aliphatic rings. The Morgan fingerprint density at radius 3 is 2.08 bits per heavy atom. The smallest absolute Gasteiger partial charge is 0.288 e. The molecule has 13 heavy (non-hydrogen) atoms. The fourth-order valence-corrected chi connectivity index (χ4v) is 1.11. The molecule has 0 aliphatic carbocycles. The minimum Gasteiger partial charge on any atom is -0.288 e. The topological polar surface area (TPSA) is 17.1 Å². The third-order valence-electron chi connectivity index (χ3n) is 1.60. The van der Waals surface area contributed by atoms with E-state index in [1.165, 1.54) is 0 Å². The van der Waals surface area contributed by atoms with Gasteiger partial charge in [-0.15, -0.1) is 12.6 Å². The molecule has 0 heterocycles. The Balaban J connectivity index is 3.13. The van der Waals surface area contributed by atoms with Gasteiger partial charge in [-0.25, -0.2) is 0 Å². The van der Waals surface area contributed by atoms with E-state index >= 15 is 0 Å². The standard InChI is InChI=1S/C8H13F3OS/c9-8(10,11)6-4-2-1-3-5-7(12)13/h1-6H2,(H,12,13). The second kappa shape index (κ2) is 6.29. The van der Waals surface area contributed by atoms with Crippen molar-refractivity contribution >= 4 is 17.7 Å². The highest BCUT2D eigenvalue weighted by Crippen LogP contribution is 2.22. The number of hydrogen-bond acceptors (Lipinski definition) is 1. The first-order chi connectivity index (χ1) is 5.92. The van der Waals surface area contributed by atoms with Gasteiger partial charge in [0.1, 0.15) is 0 Å². The third-order valence-corrected chi connectivity index (χ3v) is 1.82. The third kappa shape index (κ3) is 11.8. The summed E-state index contributed by atoms with van der Waals surface area (Å²) in [7, 11) is 0. The Hall–Kier alpha value is -0.190. The SMILES string of the molecule is O=C(S)CCCCCCC(F)(F)F. The Labute approximate surface area is 81.1 Å². The lowest BCUT2D eigenvalue weighted by molar-refractivity contribution is -0.135. The van der Waals surface area contributed by atoms with Gasteiger partial charge in [0, 0.05) is 12.8 Å². The molecule has 0 N–H and O–H groups in total. The molecule has 5 heteroatoms. The van der Waals surface area contributed by atoms with Gasteiger partial charge in [-0.3, -0.25) is 4.79 Å². The van der Waals surface area contributed by atoms with Crippen LogP contribution in [0.1, 0.15) is 38.5 Å². The molecule has 0 unspecified atom stereocenters. The number of unbranched alkanes of at least 4 members (excludes halogenated alkanes) is 3. The largest absolute Gasteiger partial charge is 0.389 e. The first kappa shape index (κ1) is 12.8. The van der Waals surface area contributed by atoms with Crippen LogP contribution >= 0.6 is 12.6 Å². The second-order valence-corrected chi connectivity index (χ2v) is 3.42. The van der Waals surface area contributed by atoms with Crippen LogP contribution in [0.25, 0.3) is 0 Å². The lowest BCUT2D eigenvalue weighted by atomic mass is 10.1. The molecule has 0 aromatic heterocycles. The number of hydrogen-bond donors (Lipinski definition) is 1. The molecule has 0 aromatic carbocycles. The van der Waals surface area contributed by atoms with Crippen molar-refractivity contribution in [1.82, 2.24) is 0 Å². The quantitative estimate of drug-likeness (QED) is 0.530. The molecule has 0 aliphatic heterocycles. The van der Waals surface area contributed by atoms with Crippen LogP contribution in [0.5, 0.6) is 0 Å². The van der Waals surface area contributed by atoms with Crippen LogP contribution in [0.15, 0.2) is 0 Å². The van der Waals surface area contributed by atoms with Gasteiger partial charge in [-0.2, -0.15) is 13.2 Å². The Bertz CT molecular complexity index is 156. The van der Waals surface area contributed by atoms with Gasteiger partial charge < -0.3 is 0 Å². The van der Waals surface area contributed by atoms with E-state index in [2.05, 4.69) is 12.6 Å². The molecule has 0 radical (unpaired) electrons. The van der Waals surface area contributed by atoms with E-state index in [1.807, 2.05) is 0 Å². The van der Waals surface area contributed by atoms with Gasteiger partial charge >= 0.3 is 6.18 Å². The van der Waals surface area contributed by atoms with Crippen molar-refractivity contribution in [3.8, 4) is 0 Å². The lowest BCUT2D eigenvalue weighted by Crippen LogP contribution is -2.06. The number of thiol groups is 1. The average molecular weight is 214 g/mol. The first-order valence-corrected chi connectivity index (χ1v) is 4.65. The van der Waals surface area contributed by atoms with Crippen molar-refractivity contribution in [2.75, 3.05) is 0 Å². The Morgan fingerprint density at radius 2 is 1.62 bits per heavy atom. The highest BCUT2D eigenvalue weighted by molar-refractivity contribution is 7.96. The van der Waals surface area contributed by atoms with Crippen molar-refractivity contribution in [2.45, 2.75) is 44.7 Å². The summed E-state index contributed by atoms with van der Waals surface area (Å²) in [5.74, 6) is 0. The summed E-state index contributed by atoms with van der Waals surface area (Å²) in [5, 5.41) is -0.198. The molecule has 0 saturated carbocycles. The minimum absolute atomic E-state index is 0.157. The molecular formula is C8H13F3OS. The van der Waals surface area contributed by atoms with Gasteiger partial charge in [0.05, 0.1) is 0 Å². The van der Waals surface area contributed by atoms with Crippen LogP contribution in [0, 0.1) is 0 Å². The molecule has 0 spiro atoms. The van der Waals surface area contributed by atoms with E-state index in [0.717, 1.165) is 0 Å². The summed E-state index contributed by atoms with van der Waals surface area (Å²) < 4.78 is 34.9. The van der Waals surface area contributed by atoms with Crippen molar-refractivity contribution in [2.24, 2.45) is 0 Å². The predicted molar refractivity (Wildman–Crippen MR) is 47.8 cm³/mol. The molecule has 0 amide bonds. The molecule has 0 bridgehead atoms. The van der Waals surface area contributed by atoms with E-state index < -0.39 is 12.6 Å². The molecular weight excluding hydrogens is 201 g/mol. The Morgan fingerprint density at radius 1 is 1.08 bits per heavy atom. The van der Waals surface area contributed by atoms with Gasteiger partial charge in [0.15, 0.2) is 5.12 Å². The maximum atomic E-state index is 11.6. The molecule has 1 nitrogen and oxygen atoms in total. The van der Waals surface area contributed by atoms with Crippen LogP contribution in [0.4, 0.5) is 13.2 Å². The molecule has 0 fully saturated rings. The molecule has 78 valence electrons. The number of halogens is 3.